The first kappa shape index (κ1) is 12.1. The fourth-order valence-electron chi connectivity index (χ4n) is 2.38. The van der Waals surface area contributed by atoms with Gasteiger partial charge in [-0.25, -0.2) is 8.42 Å². The highest BCUT2D eigenvalue weighted by Crippen LogP contribution is 2.46. The van der Waals surface area contributed by atoms with Crippen molar-refractivity contribution in [2.75, 3.05) is 5.75 Å². The number of fused-ring (bicyclic) bond motifs is 1. The van der Waals surface area contributed by atoms with Crippen molar-refractivity contribution in [3.8, 4) is 6.07 Å². The molecular weight excluding hydrogens is 234 g/mol. The van der Waals surface area contributed by atoms with E-state index < -0.39 is 15.3 Å². The number of sulfone groups is 1. The van der Waals surface area contributed by atoms with Crippen molar-refractivity contribution in [2.24, 2.45) is 5.41 Å². The Kier molecular flexibility index (Phi) is 2.75. The summed E-state index contributed by atoms with van der Waals surface area (Å²) in [6.07, 6.45) is 0.651. The molecule has 0 radical (unpaired) electrons. The lowest BCUT2D eigenvalue weighted by Gasteiger charge is -2.26. The Hall–Kier alpha value is -1.34. The Balaban J connectivity index is 2.61. The molecule has 0 saturated heterocycles. The minimum absolute atomic E-state index is 0.0598. The molecule has 90 valence electrons. The number of hydrogen-bond acceptors (Lipinski definition) is 3. The van der Waals surface area contributed by atoms with E-state index in [2.05, 4.69) is 6.07 Å². The minimum Gasteiger partial charge on any atom is -0.224 e. The second-order valence-corrected chi connectivity index (χ2v) is 6.76. The second-order valence-electron chi connectivity index (χ2n) is 4.75. The van der Waals surface area contributed by atoms with E-state index in [1.54, 1.807) is 12.1 Å². The van der Waals surface area contributed by atoms with Gasteiger partial charge < -0.3 is 0 Å². The Labute approximate surface area is 102 Å². The molecule has 1 aliphatic heterocycles. The number of nitrogens with zero attached hydrogens (tertiary/aromatic N) is 1. The lowest BCUT2D eigenvalue weighted by Crippen LogP contribution is -2.24. The summed E-state index contributed by atoms with van der Waals surface area (Å²) in [5.41, 5.74) is 0.193. The molecule has 0 aliphatic carbocycles. The van der Waals surface area contributed by atoms with Crippen LogP contribution in [0.15, 0.2) is 29.2 Å². The summed E-state index contributed by atoms with van der Waals surface area (Å²) in [5.74, 6) is -0.150. The van der Waals surface area contributed by atoms with Crippen LogP contribution in [0.25, 0.3) is 0 Å². The predicted octanol–water partition coefficient (Wildman–Crippen LogP) is 2.50. The first-order valence-electron chi connectivity index (χ1n) is 5.67. The lowest BCUT2D eigenvalue weighted by atomic mass is 9.74. The van der Waals surface area contributed by atoms with Gasteiger partial charge in [0.2, 0.25) is 0 Å². The molecule has 4 heteroatoms. The average molecular weight is 249 g/mol. The molecule has 0 bridgehead atoms. The third-order valence-corrected chi connectivity index (χ3v) is 5.59. The molecule has 0 N–H and O–H groups in total. The smallest absolute Gasteiger partial charge is 0.179 e. The van der Waals surface area contributed by atoms with E-state index in [1.807, 2.05) is 26.0 Å². The summed E-state index contributed by atoms with van der Waals surface area (Å²) < 4.78 is 24.1. The largest absolute Gasteiger partial charge is 0.224 e. The van der Waals surface area contributed by atoms with Gasteiger partial charge in [0.1, 0.15) is 0 Å². The summed E-state index contributed by atoms with van der Waals surface area (Å²) in [6, 6.07) is 9.31. The summed E-state index contributed by atoms with van der Waals surface area (Å²) in [5, 5.41) is 9.30. The van der Waals surface area contributed by atoms with Gasteiger partial charge in [0.05, 0.1) is 22.1 Å². The summed E-state index contributed by atoms with van der Waals surface area (Å²) >= 11 is 0. The van der Waals surface area contributed by atoms with Crippen LogP contribution in [0.1, 0.15) is 31.7 Å². The van der Waals surface area contributed by atoms with Crippen LogP contribution in [-0.4, -0.2) is 14.2 Å². The van der Waals surface area contributed by atoms with Crippen molar-refractivity contribution in [3.63, 3.8) is 0 Å². The highest BCUT2D eigenvalue weighted by Gasteiger charge is 2.44. The average Bonchev–Trinajstić information content (AvgIpc) is 2.62. The van der Waals surface area contributed by atoms with Crippen LogP contribution in [-0.2, 0) is 9.84 Å². The Morgan fingerprint density at radius 2 is 2.12 bits per heavy atom. The summed E-state index contributed by atoms with van der Waals surface area (Å²) in [7, 11) is -3.21. The Morgan fingerprint density at radius 1 is 1.47 bits per heavy atom. The monoisotopic (exact) mass is 249 g/mol. The zero-order valence-corrected chi connectivity index (χ0v) is 10.8. The molecule has 1 aromatic carbocycles. The molecular formula is C13H15NO2S. The molecule has 17 heavy (non-hydrogen) atoms. The first-order chi connectivity index (χ1) is 7.94. The summed E-state index contributed by atoms with van der Waals surface area (Å²) in [6.45, 7) is 3.77. The molecule has 3 nitrogen and oxygen atoms in total. The van der Waals surface area contributed by atoms with Gasteiger partial charge in [-0.15, -0.1) is 0 Å². The van der Waals surface area contributed by atoms with Crippen LogP contribution < -0.4 is 0 Å². The van der Waals surface area contributed by atoms with Crippen LogP contribution in [0, 0.1) is 16.7 Å². The van der Waals surface area contributed by atoms with Crippen molar-refractivity contribution in [1.82, 2.24) is 0 Å². The van der Waals surface area contributed by atoms with Gasteiger partial charge in [-0.3, -0.25) is 0 Å². The fourth-order valence-corrected chi connectivity index (χ4v) is 4.40. The first-order valence-corrected chi connectivity index (χ1v) is 7.33. The molecule has 1 heterocycles. The molecule has 1 aliphatic rings. The fraction of sp³-hybridized carbons (Fsp3) is 0.462. The van der Waals surface area contributed by atoms with Gasteiger partial charge in [-0.05, 0) is 25.0 Å². The molecule has 2 atom stereocenters. The highest BCUT2D eigenvalue weighted by molar-refractivity contribution is 7.91. The van der Waals surface area contributed by atoms with Crippen molar-refractivity contribution in [3.05, 3.63) is 29.8 Å². The van der Waals surface area contributed by atoms with E-state index in [4.69, 9.17) is 0 Å². The quantitative estimate of drug-likeness (QED) is 0.809. The SMILES string of the molecule is CCC(C)(C#N)C1CS(=O)(=O)c2ccccc21. The molecule has 2 rings (SSSR count). The molecule has 0 saturated carbocycles. The molecule has 0 spiro atoms. The number of nitriles is 1. The van der Waals surface area contributed by atoms with E-state index in [9.17, 15) is 13.7 Å². The van der Waals surface area contributed by atoms with Gasteiger partial charge in [0.15, 0.2) is 9.84 Å². The van der Waals surface area contributed by atoms with E-state index >= 15 is 0 Å². The maximum atomic E-state index is 12.0. The van der Waals surface area contributed by atoms with Gasteiger partial charge in [0.25, 0.3) is 0 Å². The van der Waals surface area contributed by atoms with E-state index in [-0.39, 0.29) is 11.7 Å². The maximum absolute atomic E-state index is 12.0. The molecule has 1 aromatic rings. The molecule has 0 fully saturated rings. The van der Waals surface area contributed by atoms with E-state index in [0.717, 1.165) is 5.56 Å². The van der Waals surface area contributed by atoms with Crippen molar-refractivity contribution >= 4 is 9.84 Å². The van der Waals surface area contributed by atoms with Crippen LogP contribution >= 0.6 is 0 Å². The van der Waals surface area contributed by atoms with E-state index in [0.29, 0.717) is 11.3 Å². The molecule has 0 amide bonds. The number of rotatable bonds is 2. The van der Waals surface area contributed by atoms with Crippen LogP contribution in [0.5, 0.6) is 0 Å². The van der Waals surface area contributed by atoms with E-state index in [1.165, 1.54) is 0 Å². The second kappa shape index (κ2) is 3.85. The lowest BCUT2D eigenvalue weighted by molar-refractivity contribution is 0.357. The zero-order valence-electron chi connectivity index (χ0n) is 9.97. The number of hydrogen-bond donors (Lipinski definition) is 0. The van der Waals surface area contributed by atoms with Gasteiger partial charge in [-0.1, -0.05) is 25.1 Å². The van der Waals surface area contributed by atoms with Crippen LogP contribution in [0.3, 0.4) is 0 Å². The van der Waals surface area contributed by atoms with Crippen molar-refractivity contribution < 1.29 is 8.42 Å². The molecule has 2 unspecified atom stereocenters. The van der Waals surface area contributed by atoms with Crippen molar-refractivity contribution in [1.29, 1.82) is 5.26 Å². The van der Waals surface area contributed by atoms with Crippen LogP contribution in [0.2, 0.25) is 0 Å². The third kappa shape index (κ3) is 1.75. The topological polar surface area (TPSA) is 57.9 Å². The molecule has 0 aromatic heterocycles. The summed E-state index contributed by atoms with van der Waals surface area (Å²) in [4.78, 5) is 0.403. The van der Waals surface area contributed by atoms with Gasteiger partial charge in [0, 0.05) is 5.92 Å². The van der Waals surface area contributed by atoms with Crippen molar-refractivity contribution in [2.45, 2.75) is 31.1 Å². The Bertz CT molecular complexity index is 586. The highest BCUT2D eigenvalue weighted by atomic mass is 32.2. The predicted molar refractivity (Wildman–Crippen MR) is 65.2 cm³/mol. The van der Waals surface area contributed by atoms with Crippen LogP contribution in [0.4, 0.5) is 0 Å². The van der Waals surface area contributed by atoms with Gasteiger partial charge >= 0.3 is 0 Å². The Morgan fingerprint density at radius 3 is 2.71 bits per heavy atom. The number of benzene rings is 1. The maximum Gasteiger partial charge on any atom is 0.179 e. The minimum atomic E-state index is -3.21. The zero-order chi connectivity index (χ0) is 12.7. The van der Waals surface area contributed by atoms with Gasteiger partial charge in [-0.2, -0.15) is 5.26 Å². The standard InChI is InChI=1S/C13H15NO2S/c1-3-13(2,9-14)11-8-17(15,16)12-7-5-4-6-10(11)12/h4-7,11H,3,8H2,1-2H3. The third-order valence-electron chi connectivity index (χ3n) is 3.77. The normalized spacial score (nSPS) is 24.6.